The lowest BCUT2D eigenvalue weighted by Gasteiger charge is -2.02. The van der Waals surface area contributed by atoms with Crippen molar-refractivity contribution in [2.24, 2.45) is 5.73 Å². The van der Waals surface area contributed by atoms with Crippen LogP contribution >= 0.6 is 11.3 Å². The molecule has 1 rings (SSSR count). The number of nitrogens with two attached hydrogens (primary N) is 1. The number of nitrogens with one attached hydrogen (secondary N) is 2. The van der Waals surface area contributed by atoms with Crippen molar-refractivity contribution in [1.29, 1.82) is 0 Å². The Kier molecular flexibility index (Phi) is 4.18. The first kappa shape index (κ1) is 10.8. The summed E-state index contributed by atoms with van der Waals surface area (Å²) in [6, 6.07) is -0.500. The van der Waals surface area contributed by atoms with Crippen molar-refractivity contribution in [2.75, 3.05) is 18.4 Å². The molecule has 0 aliphatic rings. The van der Waals surface area contributed by atoms with Crippen LogP contribution in [0, 0.1) is 0 Å². The number of carbonyl (C=O) groups excluding carboxylic acids is 1. The van der Waals surface area contributed by atoms with Gasteiger partial charge in [-0.3, -0.25) is 0 Å². The molecule has 14 heavy (non-hydrogen) atoms. The summed E-state index contributed by atoms with van der Waals surface area (Å²) in [6.07, 6.45) is 0.942. The standard InChI is InChI=1S/C8H14N4OS/c1-2-6-5-14-8(12-6)11-4-3-10-7(9)13/h5H,2-4H2,1H3,(H,11,12)(H3,9,10,13). The lowest BCUT2D eigenvalue weighted by Crippen LogP contribution is -2.33. The zero-order valence-corrected chi connectivity index (χ0v) is 8.86. The summed E-state index contributed by atoms with van der Waals surface area (Å²) in [5.74, 6) is 0. The largest absolute Gasteiger partial charge is 0.360 e. The minimum Gasteiger partial charge on any atom is -0.360 e. The summed E-state index contributed by atoms with van der Waals surface area (Å²) in [5, 5.41) is 8.48. The van der Waals surface area contributed by atoms with Crippen molar-refractivity contribution in [2.45, 2.75) is 13.3 Å². The Balaban J connectivity index is 2.21. The molecule has 0 aromatic carbocycles. The molecule has 0 radical (unpaired) electrons. The molecule has 78 valence electrons. The normalized spacial score (nSPS) is 9.79. The van der Waals surface area contributed by atoms with Gasteiger partial charge in [0.15, 0.2) is 5.13 Å². The van der Waals surface area contributed by atoms with Gasteiger partial charge < -0.3 is 16.4 Å². The number of hydrogen-bond donors (Lipinski definition) is 3. The van der Waals surface area contributed by atoms with Crippen LogP contribution < -0.4 is 16.4 Å². The van der Waals surface area contributed by atoms with Gasteiger partial charge in [0.2, 0.25) is 0 Å². The molecule has 0 saturated heterocycles. The van der Waals surface area contributed by atoms with Crippen LogP contribution in [0.3, 0.4) is 0 Å². The van der Waals surface area contributed by atoms with Crippen molar-refractivity contribution < 1.29 is 4.79 Å². The van der Waals surface area contributed by atoms with E-state index in [-0.39, 0.29) is 0 Å². The van der Waals surface area contributed by atoms with Crippen LogP contribution in [-0.2, 0) is 6.42 Å². The summed E-state index contributed by atoms with van der Waals surface area (Å²) in [5.41, 5.74) is 5.99. The fraction of sp³-hybridized carbons (Fsp3) is 0.500. The molecule has 0 unspecified atom stereocenters. The molecule has 5 nitrogen and oxygen atoms in total. The van der Waals surface area contributed by atoms with Gasteiger partial charge in [-0.15, -0.1) is 11.3 Å². The van der Waals surface area contributed by atoms with Crippen molar-refractivity contribution >= 4 is 22.5 Å². The van der Waals surface area contributed by atoms with Crippen LogP contribution in [0.25, 0.3) is 0 Å². The van der Waals surface area contributed by atoms with E-state index in [9.17, 15) is 4.79 Å². The fourth-order valence-corrected chi connectivity index (χ4v) is 1.73. The van der Waals surface area contributed by atoms with Crippen LogP contribution in [0.2, 0.25) is 0 Å². The van der Waals surface area contributed by atoms with Gasteiger partial charge in [0.05, 0.1) is 5.69 Å². The second kappa shape index (κ2) is 5.43. The van der Waals surface area contributed by atoms with E-state index < -0.39 is 6.03 Å². The minimum absolute atomic E-state index is 0.500. The molecule has 6 heteroatoms. The number of hydrogen-bond acceptors (Lipinski definition) is 4. The maximum atomic E-state index is 10.3. The highest BCUT2D eigenvalue weighted by molar-refractivity contribution is 7.13. The topological polar surface area (TPSA) is 80.0 Å². The van der Waals surface area contributed by atoms with E-state index in [0.717, 1.165) is 17.2 Å². The van der Waals surface area contributed by atoms with E-state index >= 15 is 0 Å². The van der Waals surface area contributed by atoms with Gasteiger partial charge in [-0.05, 0) is 6.42 Å². The Labute approximate surface area is 86.7 Å². The molecule has 0 saturated carbocycles. The van der Waals surface area contributed by atoms with Crippen molar-refractivity contribution in [3.63, 3.8) is 0 Å². The monoisotopic (exact) mass is 214 g/mol. The number of aryl methyl sites for hydroxylation is 1. The molecular formula is C8H14N4OS. The Hall–Kier alpha value is -1.30. The number of aromatic nitrogens is 1. The maximum absolute atomic E-state index is 10.3. The molecule has 0 aliphatic carbocycles. The number of carbonyl (C=O) groups is 1. The highest BCUT2D eigenvalue weighted by atomic mass is 32.1. The fourth-order valence-electron chi connectivity index (χ4n) is 0.906. The number of nitrogens with zero attached hydrogens (tertiary/aromatic N) is 1. The molecule has 0 atom stereocenters. The Morgan fingerprint density at radius 2 is 2.43 bits per heavy atom. The van der Waals surface area contributed by atoms with Crippen LogP contribution in [-0.4, -0.2) is 24.1 Å². The van der Waals surface area contributed by atoms with Gasteiger partial charge in [0.25, 0.3) is 0 Å². The second-order valence-corrected chi connectivity index (χ2v) is 3.57. The molecule has 1 aromatic rings. The lowest BCUT2D eigenvalue weighted by atomic mass is 10.4. The van der Waals surface area contributed by atoms with Gasteiger partial charge in [-0.25, -0.2) is 9.78 Å². The van der Waals surface area contributed by atoms with Crippen molar-refractivity contribution in [3.05, 3.63) is 11.1 Å². The van der Waals surface area contributed by atoms with Crippen LogP contribution in [0.1, 0.15) is 12.6 Å². The highest BCUT2D eigenvalue weighted by Gasteiger charge is 1.98. The van der Waals surface area contributed by atoms with Gasteiger partial charge in [-0.1, -0.05) is 6.92 Å². The van der Waals surface area contributed by atoms with Crippen molar-refractivity contribution in [1.82, 2.24) is 10.3 Å². The van der Waals surface area contributed by atoms with Gasteiger partial charge in [0, 0.05) is 18.5 Å². The third-order valence-electron chi connectivity index (χ3n) is 1.61. The Bertz CT molecular complexity index is 299. The average Bonchev–Trinajstić information content (AvgIpc) is 2.60. The first-order valence-electron chi connectivity index (χ1n) is 4.44. The lowest BCUT2D eigenvalue weighted by molar-refractivity contribution is 0.249. The van der Waals surface area contributed by atoms with E-state index in [2.05, 4.69) is 22.5 Å². The number of rotatable bonds is 5. The molecule has 0 spiro atoms. The predicted octanol–water partition coefficient (Wildman–Crippen LogP) is 0.786. The molecule has 1 heterocycles. The summed E-state index contributed by atoms with van der Waals surface area (Å²) in [4.78, 5) is 14.6. The second-order valence-electron chi connectivity index (χ2n) is 2.72. The molecule has 1 aromatic heterocycles. The van der Waals surface area contributed by atoms with Crippen molar-refractivity contribution in [3.8, 4) is 0 Å². The summed E-state index contributed by atoms with van der Waals surface area (Å²) < 4.78 is 0. The molecule has 4 N–H and O–H groups in total. The Morgan fingerprint density at radius 1 is 1.64 bits per heavy atom. The first-order chi connectivity index (χ1) is 6.72. The average molecular weight is 214 g/mol. The third kappa shape index (κ3) is 3.61. The molecule has 0 aliphatic heterocycles. The van der Waals surface area contributed by atoms with E-state index in [1.54, 1.807) is 11.3 Å². The summed E-state index contributed by atoms with van der Waals surface area (Å²) in [7, 11) is 0. The number of thiazole rings is 1. The number of primary amides is 1. The van der Waals surface area contributed by atoms with Crippen LogP contribution in [0.15, 0.2) is 5.38 Å². The van der Waals surface area contributed by atoms with E-state index in [1.165, 1.54) is 0 Å². The highest BCUT2D eigenvalue weighted by Crippen LogP contribution is 2.14. The minimum atomic E-state index is -0.500. The molecule has 0 fully saturated rings. The van der Waals surface area contributed by atoms with Crippen LogP contribution in [0.5, 0.6) is 0 Å². The number of amides is 2. The molecular weight excluding hydrogens is 200 g/mol. The number of anilines is 1. The molecule has 2 amide bonds. The third-order valence-corrected chi connectivity index (χ3v) is 2.46. The zero-order valence-electron chi connectivity index (χ0n) is 8.04. The Morgan fingerprint density at radius 3 is 3.00 bits per heavy atom. The quantitative estimate of drug-likeness (QED) is 0.634. The van der Waals surface area contributed by atoms with E-state index in [0.29, 0.717) is 13.1 Å². The predicted molar refractivity (Wildman–Crippen MR) is 57.6 cm³/mol. The van der Waals surface area contributed by atoms with Gasteiger partial charge in [0.1, 0.15) is 0 Å². The summed E-state index contributed by atoms with van der Waals surface area (Å²) in [6.45, 7) is 3.21. The van der Waals surface area contributed by atoms with Crippen LogP contribution in [0.4, 0.5) is 9.93 Å². The van der Waals surface area contributed by atoms with E-state index in [4.69, 9.17) is 5.73 Å². The zero-order chi connectivity index (χ0) is 10.4. The number of urea groups is 1. The first-order valence-corrected chi connectivity index (χ1v) is 5.32. The maximum Gasteiger partial charge on any atom is 0.312 e. The van der Waals surface area contributed by atoms with Gasteiger partial charge >= 0.3 is 6.03 Å². The SMILES string of the molecule is CCc1csc(NCCNC(N)=O)n1. The van der Waals surface area contributed by atoms with Gasteiger partial charge in [-0.2, -0.15) is 0 Å². The van der Waals surface area contributed by atoms with E-state index in [1.807, 2.05) is 5.38 Å². The summed E-state index contributed by atoms with van der Waals surface area (Å²) >= 11 is 1.57. The smallest absolute Gasteiger partial charge is 0.312 e. The molecule has 0 bridgehead atoms.